The first-order valence-corrected chi connectivity index (χ1v) is 30.1. The molecule has 0 unspecified atom stereocenters. The number of hydrogen-bond donors (Lipinski definition) is 0. The molecule has 0 aromatic heterocycles. The number of fused-ring (bicyclic) bond motifs is 5. The van der Waals surface area contributed by atoms with Gasteiger partial charge >= 0.3 is 0 Å². The SMILES string of the molecule is C=C/C=C\C(=C)C1=CC(C2=CC=C(c3ccc(N(c4ccc(C)cc4C)c4cc5c6ccccc6c(N(c6ccc(-c7ccc(-c8cccc(-c9ccccc9)c8)cc7)cc6)c6ccc(C)cc6C)cc5c5ccccc45)cc3)C(C)=CC2)=CCC1. The normalized spacial score (nSPS) is 13.4. The molecule has 0 N–H and O–H groups in total. The second-order valence-corrected chi connectivity index (χ2v) is 23.2. The molecule has 0 fully saturated rings. The Hall–Kier alpha value is -10.3. The maximum Gasteiger partial charge on any atom is 0.0546 e. The molecular formula is C84H70N2. The van der Waals surface area contributed by atoms with Gasteiger partial charge in [-0.1, -0.05) is 243 Å². The Morgan fingerprint density at radius 3 is 1.43 bits per heavy atom. The van der Waals surface area contributed by atoms with Gasteiger partial charge in [-0.15, -0.1) is 0 Å². The summed E-state index contributed by atoms with van der Waals surface area (Å²) in [4.78, 5) is 4.97. The molecule has 2 aliphatic rings. The molecule has 0 saturated heterocycles. The zero-order valence-corrected chi connectivity index (χ0v) is 49.9. The van der Waals surface area contributed by atoms with Gasteiger partial charge in [0.1, 0.15) is 0 Å². The molecule has 11 aromatic carbocycles. The zero-order chi connectivity index (χ0) is 58.8. The molecule has 2 nitrogen and oxygen atoms in total. The summed E-state index contributed by atoms with van der Waals surface area (Å²) in [5, 5.41) is 7.16. The van der Waals surface area contributed by atoms with E-state index in [9.17, 15) is 0 Å². The summed E-state index contributed by atoms with van der Waals surface area (Å²) in [5.41, 5.74) is 27.5. The quantitative estimate of drug-likeness (QED) is 0.0791. The molecule has 0 amide bonds. The summed E-state index contributed by atoms with van der Waals surface area (Å²) < 4.78 is 0. The van der Waals surface area contributed by atoms with E-state index in [-0.39, 0.29) is 0 Å². The van der Waals surface area contributed by atoms with E-state index in [2.05, 4.69) is 318 Å². The number of anilines is 6. The largest absolute Gasteiger partial charge is 0.310 e. The van der Waals surface area contributed by atoms with Crippen molar-refractivity contribution in [2.75, 3.05) is 9.80 Å². The highest BCUT2D eigenvalue weighted by Crippen LogP contribution is 2.49. The zero-order valence-electron chi connectivity index (χ0n) is 49.9. The van der Waals surface area contributed by atoms with Crippen LogP contribution in [0, 0.1) is 27.7 Å². The van der Waals surface area contributed by atoms with Crippen LogP contribution in [0.15, 0.2) is 314 Å². The first-order valence-electron chi connectivity index (χ1n) is 30.1. The molecule has 2 aliphatic carbocycles. The Morgan fingerprint density at radius 2 is 0.895 bits per heavy atom. The molecule has 0 aliphatic heterocycles. The Kier molecular flexibility index (Phi) is 15.2. The van der Waals surface area contributed by atoms with Crippen LogP contribution in [0.2, 0.25) is 0 Å². The van der Waals surface area contributed by atoms with Crippen LogP contribution in [0.3, 0.4) is 0 Å². The van der Waals surface area contributed by atoms with Gasteiger partial charge in [0.25, 0.3) is 0 Å². The monoisotopic (exact) mass is 1110 g/mol. The highest BCUT2D eigenvalue weighted by molar-refractivity contribution is 6.24. The predicted octanol–water partition coefficient (Wildman–Crippen LogP) is 23.9. The Balaban J connectivity index is 0.898. The topological polar surface area (TPSA) is 6.48 Å². The van der Waals surface area contributed by atoms with Gasteiger partial charge < -0.3 is 9.80 Å². The summed E-state index contributed by atoms with van der Waals surface area (Å²) in [5.74, 6) is 0. The van der Waals surface area contributed by atoms with Crippen LogP contribution in [0.25, 0.3) is 71.3 Å². The fourth-order valence-electron chi connectivity index (χ4n) is 12.9. The van der Waals surface area contributed by atoms with E-state index in [0.29, 0.717) is 0 Å². The van der Waals surface area contributed by atoms with Gasteiger partial charge in [0.15, 0.2) is 0 Å². The van der Waals surface area contributed by atoms with Crippen LogP contribution in [-0.2, 0) is 0 Å². The van der Waals surface area contributed by atoms with E-state index in [0.717, 1.165) is 59.0 Å². The maximum absolute atomic E-state index is 4.36. The lowest BCUT2D eigenvalue weighted by atomic mass is 9.89. The van der Waals surface area contributed by atoms with Crippen LogP contribution < -0.4 is 9.80 Å². The van der Waals surface area contributed by atoms with Crippen LogP contribution >= 0.6 is 0 Å². The number of allylic oxidation sites excluding steroid dienone is 14. The summed E-state index contributed by atoms with van der Waals surface area (Å²) in [6.45, 7) is 19.3. The van der Waals surface area contributed by atoms with E-state index in [1.807, 2.05) is 12.2 Å². The standard InChI is InChI=1S/C84H70N2/c1-8-9-19-58(4)68-22-17-23-69(52-68)65-33-32-59(5)74(47-42-65)67-40-45-73(46-41-67)86(82-49-31-57(3)51-61(82)7)84-55-80-75-26-13-15-28-77(75)83(54-79(80)76-27-14-16-29-78(76)84)85(81-48-30-56(2)50-60(81)6)72-43-38-64(39-44-72)63-34-36-66(37-35-63)71-25-18-24-70(53-71)62-20-11-10-12-21-62/h8-16,18-21,23-32,34-55H,1,4,17,22,33H2,2-3,5-7H3/b19-9-. The molecule has 0 spiro atoms. The molecule has 86 heavy (non-hydrogen) atoms. The molecule has 0 saturated carbocycles. The average Bonchev–Trinajstić information content (AvgIpc) is 0.839. The minimum atomic E-state index is 0.875. The van der Waals surface area contributed by atoms with E-state index < -0.39 is 0 Å². The molecule has 11 aromatic rings. The van der Waals surface area contributed by atoms with Crippen molar-refractivity contribution in [3.05, 3.63) is 342 Å². The molecule has 416 valence electrons. The van der Waals surface area contributed by atoms with Crippen molar-refractivity contribution in [3.63, 3.8) is 0 Å². The minimum absolute atomic E-state index is 0.875. The Bertz CT molecular complexity index is 4650. The van der Waals surface area contributed by atoms with Gasteiger partial charge in [-0.3, -0.25) is 0 Å². The fourth-order valence-corrected chi connectivity index (χ4v) is 12.9. The summed E-state index contributed by atoms with van der Waals surface area (Å²) in [7, 11) is 0. The molecule has 0 radical (unpaired) electrons. The van der Waals surface area contributed by atoms with Crippen molar-refractivity contribution < 1.29 is 0 Å². The van der Waals surface area contributed by atoms with Gasteiger partial charge in [0.05, 0.1) is 11.4 Å². The molecule has 2 heteroatoms. The third kappa shape index (κ3) is 10.8. The van der Waals surface area contributed by atoms with Crippen molar-refractivity contribution in [2.24, 2.45) is 0 Å². The first-order chi connectivity index (χ1) is 42.1. The smallest absolute Gasteiger partial charge is 0.0546 e. The third-order valence-corrected chi connectivity index (χ3v) is 17.4. The van der Waals surface area contributed by atoms with Crippen LogP contribution in [-0.4, -0.2) is 0 Å². The Labute approximate surface area is 508 Å². The maximum atomic E-state index is 4.36. The summed E-state index contributed by atoms with van der Waals surface area (Å²) in [6, 6.07) is 83.4. The predicted molar refractivity (Wildman–Crippen MR) is 372 cm³/mol. The van der Waals surface area contributed by atoms with Crippen molar-refractivity contribution in [2.45, 2.75) is 53.9 Å². The number of benzene rings is 11. The van der Waals surface area contributed by atoms with Gasteiger partial charge in [0.2, 0.25) is 0 Å². The number of rotatable bonds is 14. The van der Waals surface area contributed by atoms with E-state index in [4.69, 9.17) is 0 Å². The Morgan fingerprint density at radius 1 is 0.419 bits per heavy atom. The molecular weight excluding hydrogens is 1040 g/mol. The summed E-state index contributed by atoms with van der Waals surface area (Å²) >= 11 is 0. The second kappa shape index (κ2) is 23.8. The van der Waals surface area contributed by atoms with E-state index in [1.165, 1.54) is 121 Å². The van der Waals surface area contributed by atoms with E-state index in [1.54, 1.807) is 0 Å². The average molecular weight is 1110 g/mol. The lowest BCUT2D eigenvalue weighted by Crippen LogP contribution is -2.13. The lowest BCUT2D eigenvalue weighted by molar-refractivity contribution is 0.960. The number of nitrogens with zero attached hydrogens (tertiary/aromatic N) is 2. The number of aryl methyl sites for hydroxylation is 4. The molecule has 0 heterocycles. The van der Waals surface area contributed by atoms with Gasteiger partial charge in [0, 0.05) is 33.5 Å². The van der Waals surface area contributed by atoms with Crippen molar-refractivity contribution in [3.8, 4) is 33.4 Å². The van der Waals surface area contributed by atoms with Crippen molar-refractivity contribution in [1.82, 2.24) is 0 Å². The second-order valence-electron chi connectivity index (χ2n) is 23.2. The van der Waals surface area contributed by atoms with Gasteiger partial charge in [-0.2, -0.15) is 0 Å². The van der Waals surface area contributed by atoms with Gasteiger partial charge in [-0.25, -0.2) is 0 Å². The molecule has 0 atom stereocenters. The molecule has 13 rings (SSSR count). The third-order valence-electron chi connectivity index (χ3n) is 17.4. The lowest BCUT2D eigenvalue weighted by Gasteiger charge is -2.31. The highest BCUT2D eigenvalue weighted by atomic mass is 15.2. The first kappa shape index (κ1) is 54.9. The minimum Gasteiger partial charge on any atom is -0.310 e. The van der Waals surface area contributed by atoms with Crippen LogP contribution in [0.4, 0.5) is 34.1 Å². The van der Waals surface area contributed by atoms with Crippen LogP contribution in [0.1, 0.15) is 54.0 Å². The van der Waals surface area contributed by atoms with Gasteiger partial charge in [-0.05, 0) is 214 Å². The van der Waals surface area contributed by atoms with Crippen molar-refractivity contribution >= 4 is 72.0 Å². The van der Waals surface area contributed by atoms with E-state index >= 15 is 0 Å². The number of hydrogen-bond acceptors (Lipinski definition) is 2. The highest BCUT2D eigenvalue weighted by Gasteiger charge is 2.24. The van der Waals surface area contributed by atoms with Crippen molar-refractivity contribution in [1.29, 1.82) is 0 Å². The molecule has 0 bridgehead atoms. The van der Waals surface area contributed by atoms with Crippen LogP contribution in [0.5, 0.6) is 0 Å². The summed E-state index contributed by atoms with van der Waals surface area (Å²) in [6.07, 6.45) is 20.5. The fraction of sp³-hybridized carbons (Fsp3) is 0.0952.